The normalized spacial score (nSPS) is 48.2. The zero-order valence-corrected chi connectivity index (χ0v) is 11.0. The highest BCUT2D eigenvalue weighted by Gasteiger charge is 2.66. The highest BCUT2D eigenvalue weighted by molar-refractivity contribution is 5.87. The zero-order valence-electron chi connectivity index (χ0n) is 11.0. The molecule has 2 N–H and O–H groups in total. The summed E-state index contributed by atoms with van der Waals surface area (Å²) >= 11 is 0. The molecule has 2 saturated carbocycles. The van der Waals surface area contributed by atoms with Gasteiger partial charge in [-0.2, -0.15) is 0 Å². The summed E-state index contributed by atoms with van der Waals surface area (Å²) in [4.78, 5) is 23.6. The van der Waals surface area contributed by atoms with Gasteiger partial charge in [0.15, 0.2) is 0 Å². The number of nitrogens with one attached hydrogen (secondary N) is 2. The van der Waals surface area contributed by atoms with Gasteiger partial charge >= 0.3 is 6.09 Å². The summed E-state index contributed by atoms with van der Waals surface area (Å²) in [7, 11) is 0. The van der Waals surface area contributed by atoms with E-state index in [-0.39, 0.29) is 24.1 Å². The molecule has 2 amide bonds. The third-order valence-corrected chi connectivity index (χ3v) is 5.07. The van der Waals surface area contributed by atoms with Gasteiger partial charge in [0.05, 0.1) is 19.3 Å². The second kappa shape index (κ2) is 3.84. The molecule has 2 aliphatic carbocycles. The largest absolute Gasteiger partial charge is 0.444 e. The van der Waals surface area contributed by atoms with Gasteiger partial charge in [0.1, 0.15) is 11.7 Å². The molecule has 5 fully saturated rings. The van der Waals surface area contributed by atoms with Gasteiger partial charge in [-0.3, -0.25) is 9.18 Å². The van der Waals surface area contributed by atoms with E-state index in [1.54, 1.807) is 0 Å². The third kappa shape index (κ3) is 1.58. The SMILES string of the molecule is O=C1N[C@@H]2C[C@@H](NC(=O)C34CC(CF)(CO3)C4)[C@@H](C2)O1. The van der Waals surface area contributed by atoms with Gasteiger partial charge in [-0.1, -0.05) is 0 Å². The molecule has 0 radical (unpaired) electrons. The lowest BCUT2D eigenvalue weighted by Crippen LogP contribution is -2.58. The van der Waals surface area contributed by atoms with Gasteiger partial charge in [-0.25, -0.2) is 4.79 Å². The zero-order chi connectivity index (χ0) is 14.0. The number of rotatable bonds is 3. The fourth-order valence-electron chi connectivity index (χ4n) is 4.05. The van der Waals surface area contributed by atoms with Crippen molar-refractivity contribution in [1.29, 1.82) is 0 Å². The summed E-state index contributed by atoms with van der Waals surface area (Å²) in [5.41, 5.74) is -1.28. The van der Waals surface area contributed by atoms with E-state index < -0.39 is 23.8 Å². The van der Waals surface area contributed by atoms with Gasteiger partial charge < -0.3 is 20.1 Å². The van der Waals surface area contributed by atoms with Gasteiger partial charge in [0.2, 0.25) is 0 Å². The fourth-order valence-corrected chi connectivity index (χ4v) is 4.05. The Hall–Kier alpha value is -1.37. The van der Waals surface area contributed by atoms with Crippen LogP contribution in [0.15, 0.2) is 0 Å². The summed E-state index contributed by atoms with van der Waals surface area (Å²) < 4.78 is 23.6. The first kappa shape index (κ1) is 12.4. The molecule has 3 heterocycles. The van der Waals surface area contributed by atoms with Crippen LogP contribution < -0.4 is 10.6 Å². The van der Waals surface area contributed by atoms with Crippen LogP contribution in [-0.2, 0) is 14.3 Å². The highest BCUT2D eigenvalue weighted by atomic mass is 19.1. The molecule has 110 valence electrons. The summed E-state index contributed by atoms with van der Waals surface area (Å²) in [6.45, 7) is -0.109. The maximum Gasteiger partial charge on any atom is 0.407 e. The summed E-state index contributed by atoms with van der Waals surface area (Å²) in [5, 5.41) is 5.65. The number of fused-ring (bicyclic) bond motifs is 3. The molecule has 3 saturated heterocycles. The molecule has 4 bridgehead atoms. The van der Waals surface area contributed by atoms with Gasteiger partial charge in [0, 0.05) is 17.9 Å². The van der Waals surface area contributed by atoms with E-state index in [2.05, 4.69) is 10.6 Å². The van der Waals surface area contributed by atoms with Crippen LogP contribution in [0, 0.1) is 5.41 Å². The first-order chi connectivity index (χ1) is 9.54. The van der Waals surface area contributed by atoms with Crippen molar-refractivity contribution in [1.82, 2.24) is 10.6 Å². The van der Waals surface area contributed by atoms with Crippen LogP contribution in [0.4, 0.5) is 9.18 Å². The lowest BCUT2D eigenvalue weighted by Gasteiger charge is -2.42. The van der Waals surface area contributed by atoms with E-state index in [9.17, 15) is 14.0 Å². The standard InChI is InChI=1S/C13H17FN2O4/c14-5-12-3-13(4-12,19-6-12)10(17)16-8-1-7-2-9(8)20-11(18)15-7/h7-9H,1-6H2,(H,15,18)(H,16,17)/t7-,8-,9-,12?,13?/m1/s1. The number of alkyl halides is 1. The monoisotopic (exact) mass is 284 g/mol. The topological polar surface area (TPSA) is 76.7 Å². The number of halogens is 1. The Morgan fingerprint density at radius 2 is 2.25 bits per heavy atom. The van der Waals surface area contributed by atoms with E-state index >= 15 is 0 Å². The summed E-state index contributed by atoms with van der Waals surface area (Å²) in [6, 6.07) is -0.106. The number of ether oxygens (including phenoxy) is 2. The number of carbonyl (C=O) groups excluding carboxylic acids is 2. The first-order valence-corrected chi connectivity index (χ1v) is 7.02. The molecule has 0 aromatic carbocycles. The smallest absolute Gasteiger partial charge is 0.407 e. The predicted octanol–water partition coefficient (Wildman–Crippen LogP) is 0.261. The fraction of sp³-hybridized carbons (Fsp3) is 0.846. The van der Waals surface area contributed by atoms with Gasteiger partial charge in [-0.15, -0.1) is 0 Å². The maximum atomic E-state index is 12.9. The molecular formula is C13H17FN2O4. The van der Waals surface area contributed by atoms with E-state index in [4.69, 9.17) is 9.47 Å². The Kier molecular flexibility index (Phi) is 2.38. The second-order valence-electron chi connectivity index (χ2n) is 6.61. The first-order valence-electron chi connectivity index (χ1n) is 7.02. The molecule has 0 aromatic rings. The van der Waals surface area contributed by atoms with Crippen molar-refractivity contribution < 1.29 is 23.5 Å². The molecule has 0 spiro atoms. The third-order valence-electron chi connectivity index (χ3n) is 5.07. The van der Waals surface area contributed by atoms with E-state index in [0.29, 0.717) is 25.9 Å². The number of hydrogen-bond acceptors (Lipinski definition) is 4. The van der Waals surface area contributed by atoms with Crippen molar-refractivity contribution in [2.75, 3.05) is 13.3 Å². The van der Waals surface area contributed by atoms with Crippen LogP contribution in [-0.4, -0.2) is 49.1 Å². The minimum Gasteiger partial charge on any atom is -0.444 e. The van der Waals surface area contributed by atoms with E-state index in [1.165, 1.54) is 0 Å². The number of carbonyl (C=O) groups is 2. The molecular weight excluding hydrogens is 267 g/mol. The van der Waals surface area contributed by atoms with Crippen molar-refractivity contribution in [3.05, 3.63) is 0 Å². The Morgan fingerprint density at radius 3 is 2.95 bits per heavy atom. The molecule has 0 unspecified atom stereocenters. The highest BCUT2D eigenvalue weighted by Crippen LogP contribution is 2.58. The Bertz CT molecular complexity index is 477. The number of hydrogen-bond donors (Lipinski definition) is 2. The molecule has 5 aliphatic rings. The second-order valence-corrected chi connectivity index (χ2v) is 6.61. The quantitative estimate of drug-likeness (QED) is 0.779. The van der Waals surface area contributed by atoms with Gasteiger partial charge in [-0.05, 0) is 19.3 Å². The van der Waals surface area contributed by atoms with Crippen molar-refractivity contribution in [3.8, 4) is 0 Å². The van der Waals surface area contributed by atoms with Crippen LogP contribution in [0.3, 0.4) is 0 Å². The van der Waals surface area contributed by atoms with Crippen LogP contribution in [0.1, 0.15) is 25.7 Å². The lowest BCUT2D eigenvalue weighted by atomic mass is 9.63. The van der Waals surface area contributed by atoms with Crippen molar-refractivity contribution in [3.63, 3.8) is 0 Å². The summed E-state index contributed by atoms with van der Waals surface area (Å²) in [5.74, 6) is -0.187. The number of alkyl carbamates (subject to hydrolysis) is 1. The lowest BCUT2D eigenvalue weighted by molar-refractivity contribution is -0.147. The minimum absolute atomic E-state index is 0.0693. The average Bonchev–Trinajstić information content (AvgIpc) is 3.00. The minimum atomic E-state index is -0.847. The maximum absolute atomic E-state index is 12.9. The van der Waals surface area contributed by atoms with E-state index in [1.807, 2.05) is 0 Å². The molecule has 6 nitrogen and oxygen atoms in total. The van der Waals surface area contributed by atoms with Crippen LogP contribution in [0.2, 0.25) is 0 Å². The molecule has 3 atom stereocenters. The molecule has 5 rings (SSSR count). The molecule has 3 aliphatic heterocycles. The molecule has 7 heteroatoms. The average molecular weight is 284 g/mol. The molecule has 0 aromatic heterocycles. The van der Waals surface area contributed by atoms with Crippen LogP contribution >= 0.6 is 0 Å². The van der Waals surface area contributed by atoms with Crippen molar-refractivity contribution >= 4 is 12.0 Å². The van der Waals surface area contributed by atoms with Crippen LogP contribution in [0.5, 0.6) is 0 Å². The van der Waals surface area contributed by atoms with E-state index in [0.717, 1.165) is 6.42 Å². The predicted molar refractivity (Wildman–Crippen MR) is 64.7 cm³/mol. The van der Waals surface area contributed by atoms with Crippen molar-refractivity contribution in [2.24, 2.45) is 5.41 Å². The Morgan fingerprint density at radius 1 is 1.45 bits per heavy atom. The molecule has 20 heavy (non-hydrogen) atoms. The van der Waals surface area contributed by atoms with Crippen molar-refractivity contribution in [2.45, 2.75) is 49.5 Å². The van der Waals surface area contributed by atoms with Crippen LogP contribution in [0.25, 0.3) is 0 Å². The summed E-state index contributed by atoms with van der Waals surface area (Å²) in [6.07, 6.45) is 1.63. The number of amides is 2. The van der Waals surface area contributed by atoms with Gasteiger partial charge in [0.25, 0.3) is 5.91 Å². The Labute approximate surface area is 115 Å². The Balaban J connectivity index is 1.41.